The van der Waals surface area contributed by atoms with Crippen LogP contribution in [-0.2, 0) is 0 Å². The average Bonchev–Trinajstić information content (AvgIpc) is 2.76. The number of aromatic amines is 1. The Morgan fingerprint density at radius 1 is 1.10 bits per heavy atom. The molecule has 1 aliphatic rings. The molecule has 30 heavy (non-hydrogen) atoms. The van der Waals surface area contributed by atoms with E-state index in [0.717, 1.165) is 37.6 Å². The predicted octanol–water partition coefficient (Wildman–Crippen LogP) is 5.89. The van der Waals surface area contributed by atoms with Gasteiger partial charge in [-0.1, -0.05) is 55.8 Å². The molecule has 0 unspecified atom stereocenters. The molecule has 0 amide bonds. The number of hydrogen-bond acceptors (Lipinski definition) is 3. The van der Waals surface area contributed by atoms with Crippen molar-refractivity contribution in [2.75, 3.05) is 6.54 Å². The fraction of sp³-hybridized carbons (Fsp3) is 0.400. The number of pyridine rings is 1. The van der Waals surface area contributed by atoms with Gasteiger partial charge in [0.1, 0.15) is 5.75 Å². The van der Waals surface area contributed by atoms with Gasteiger partial charge in [0, 0.05) is 11.6 Å². The van der Waals surface area contributed by atoms with Crippen LogP contribution in [0.25, 0.3) is 10.8 Å². The van der Waals surface area contributed by atoms with Gasteiger partial charge in [0.2, 0.25) is 0 Å². The van der Waals surface area contributed by atoms with E-state index in [2.05, 4.69) is 49.2 Å². The molecular weight excluding hydrogens is 396 g/mol. The second kappa shape index (κ2) is 10.6. The van der Waals surface area contributed by atoms with Crippen molar-refractivity contribution in [3.63, 3.8) is 0 Å². The van der Waals surface area contributed by atoms with Gasteiger partial charge in [0.15, 0.2) is 0 Å². The molecule has 1 fully saturated rings. The zero-order valence-electron chi connectivity index (χ0n) is 17.7. The van der Waals surface area contributed by atoms with E-state index in [1.165, 1.54) is 5.56 Å². The Morgan fingerprint density at radius 3 is 2.40 bits per heavy atom. The SMILES string of the molecule is CC(C)CN.O=c1[nH]ccc2cc(OC3CCC(c4ccccc4)CC3)c(Cl)cc12. The molecule has 0 spiro atoms. The quantitative estimate of drug-likeness (QED) is 0.546. The molecule has 160 valence electrons. The maximum absolute atomic E-state index is 11.8. The van der Waals surface area contributed by atoms with Crippen LogP contribution in [0.1, 0.15) is 51.0 Å². The Hall–Kier alpha value is -2.30. The molecular formula is C25H31ClN2O2. The van der Waals surface area contributed by atoms with E-state index in [0.29, 0.717) is 28.0 Å². The van der Waals surface area contributed by atoms with Gasteiger partial charge >= 0.3 is 0 Å². The highest BCUT2D eigenvalue weighted by Crippen LogP contribution is 2.36. The summed E-state index contributed by atoms with van der Waals surface area (Å²) in [7, 11) is 0. The number of nitrogens with one attached hydrogen (secondary N) is 1. The van der Waals surface area contributed by atoms with Crippen LogP contribution in [0.3, 0.4) is 0 Å². The van der Waals surface area contributed by atoms with Crippen molar-refractivity contribution in [1.82, 2.24) is 4.98 Å². The monoisotopic (exact) mass is 426 g/mol. The molecule has 0 saturated heterocycles. The highest BCUT2D eigenvalue weighted by atomic mass is 35.5. The maximum Gasteiger partial charge on any atom is 0.255 e. The highest BCUT2D eigenvalue weighted by Gasteiger charge is 2.24. The molecule has 1 aliphatic carbocycles. The van der Waals surface area contributed by atoms with E-state index in [4.69, 9.17) is 22.1 Å². The van der Waals surface area contributed by atoms with Crippen molar-refractivity contribution in [3.05, 3.63) is 75.7 Å². The topological polar surface area (TPSA) is 68.1 Å². The zero-order chi connectivity index (χ0) is 21.5. The molecule has 4 rings (SSSR count). The van der Waals surface area contributed by atoms with Crippen LogP contribution in [0.4, 0.5) is 0 Å². The van der Waals surface area contributed by atoms with Gasteiger partial charge in [-0.2, -0.15) is 0 Å². The van der Waals surface area contributed by atoms with Gasteiger partial charge < -0.3 is 15.5 Å². The Kier molecular flexibility index (Phi) is 7.94. The molecule has 0 aliphatic heterocycles. The van der Waals surface area contributed by atoms with Gasteiger partial charge in [-0.3, -0.25) is 4.79 Å². The summed E-state index contributed by atoms with van der Waals surface area (Å²) in [6, 6.07) is 16.1. The minimum atomic E-state index is -0.130. The summed E-state index contributed by atoms with van der Waals surface area (Å²) in [5.41, 5.74) is 6.46. The molecule has 5 heteroatoms. The average molecular weight is 427 g/mol. The number of aromatic nitrogens is 1. The molecule has 1 saturated carbocycles. The van der Waals surface area contributed by atoms with Crippen LogP contribution >= 0.6 is 11.6 Å². The zero-order valence-corrected chi connectivity index (χ0v) is 18.5. The fourth-order valence-electron chi connectivity index (χ4n) is 3.70. The number of nitrogens with two attached hydrogens (primary N) is 1. The lowest BCUT2D eigenvalue weighted by molar-refractivity contribution is 0.147. The van der Waals surface area contributed by atoms with E-state index in [-0.39, 0.29) is 11.7 Å². The molecule has 0 atom stereocenters. The van der Waals surface area contributed by atoms with Gasteiger partial charge in [-0.05, 0) is 73.2 Å². The molecule has 4 nitrogen and oxygen atoms in total. The van der Waals surface area contributed by atoms with Crippen LogP contribution in [0.2, 0.25) is 5.02 Å². The van der Waals surface area contributed by atoms with Crippen molar-refractivity contribution in [2.24, 2.45) is 11.7 Å². The maximum atomic E-state index is 11.8. The van der Waals surface area contributed by atoms with E-state index in [1.54, 1.807) is 12.3 Å². The lowest BCUT2D eigenvalue weighted by Crippen LogP contribution is -2.23. The molecule has 1 heterocycles. The van der Waals surface area contributed by atoms with Crippen LogP contribution in [-0.4, -0.2) is 17.6 Å². The van der Waals surface area contributed by atoms with Gasteiger partial charge in [-0.25, -0.2) is 0 Å². The fourth-order valence-corrected chi connectivity index (χ4v) is 3.91. The first-order chi connectivity index (χ1) is 14.5. The van der Waals surface area contributed by atoms with Crippen LogP contribution in [0.5, 0.6) is 5.75 Å². The number of rotatable bonds is 4. The minimum absolute atomic E-state index is 0.130. The standard InChI is InChI=1S/C21H20ClNO2.C4H11N/c22-19-13-18-16(10-11-23-21(18)24)12-20(19)25-17-8-6-15(7-9-17)14-4-2-1-3-5-14;1-4(2)3-5/h1-5,10-13,15,17H,6-9H2,(H,23,24);4H,3,5H2,1-2H3. The van der Waals surface area contributed by atoms with Gasteiger partial charge in [0.25, 0.3) is 5.56 Å². The summed E-state index contributed by atoms with van der Waals surface area (Å²) in [5.74, 6) is 1.95. The minimum Gasteiger partial charge on any atom is -0.489 e. The summed E-state index contributed by atoms with van der Waals surface area (Å²) in [6.45, 7) is 5.00. The first-order valence-electron chi connectivity index (χ1n) is 10.7. The summed E-state index contributed by atoms with van der Waals surface area (Å²) < 4.78 is 6.17. The van der Waals surface area contributed by atoms with Crippen LogP contribution in [0.15, 0.2) is 59.5 Å². The van der Waals surface area contributed by atoms with E-state index in [9.17, 15) is 4.79 Å². The Balaban J connectivity index is 0.000000461. The van der Waals surface area contributed by atoms with Crippen molar-refractivity contribution in [3.8, 4) is 5.75 Å². The van der Waals surface area contributed by atoms with Crippen molar-refractivity contribution >= 4 is 22.4 Å². The Morgan fingerprint density at radius 2 is 1.77 bits per heavy atom. The normalized spacial score (nSPS) is 18.7. The number of H-pyrrole nitrogens is 1. The Labute approximate surface area is 183 Å². The second-order valence-corrected chi connectivity index (χ2v) is 8.72. The number of benzene rings is 2. The number of halogens is 1. The number of fused-ring (bicyclic) bond motifs is 1. The van der Waals surface area contributed by atoms with Crippen LogP contribution < -0.4 is 16.0 Å². The third-order valence-corrected chi connectivity index (χ3v) is 5.83. The molecule has 0 bridgehead atoms. The van der Waals surface area contributed by atoms with E-state index >= 15 is 0 Å². The van der Waals surface area contributed by atoms with Gasteiger partial charge in [0.05, 0.1) is 11.1 Å². The third-order valence-electron chi connectivity index (χ3n) is 5.54. The molecule has 2 aromatic carbocycles. The second-order valence-electron chi connectivity index (χ2n) is 8.31. The Bertz CT molecular complexity index is 993. The summed E-state index contributed by atoms with van der Waals surface area (Å²) in [6.07, 6.45) is 6.11. The summed E-state index contributed by atoms with van der Waals surface area (Å²) in [4.78, 5) is 14.5. The highest BCUT2D eigenvalue weighted by molar-refractivity contribution is 6.32. The van der Waals surface area contributed by atoms with Crippen molar-refractivity contribution in [2.45, 2.75) is 51.6 Å². The third kappa shape index (κ3) is 5.87. The molecule has 0 radical (unpaired) electrons. The number of ether oxygens (including phenoxy) is 1. The molecule has 3 aromatic rings. The first kappa shape index (κ1) is 22.4. The predicted molar refractivity (Wildman–Crippen MR) is 126 cm³/mol. The molecule has 1 aromatic heterocycles. The van der Waals surface area contributed by atoms with Gasteiger partial charge in [-0.15, -0.1) is 0 Å². The molecule has 3 N–H and O–H groups in total. The van der Waals surface area contributed by atoms with Crippen molar-refractivity contribution in [1.29, 1.82) is 0 Å². The number of hydrogen-bond donors (Lipinski definition) is 2. The lowest BCUT2D eigenvalue weighted by atomic mass is 9.83. The summed E-state index contributed by atoms with van der Waals surface area (Å²) >= 11 is 6.34. The smallest absolute Gasteiger partial charge is 0.255 e. The van der Waals surface area contributed by atoms with E-state index < -0.39 is 0 Å². The largest absolute Gasteiger partial charge is 0.489 e. The van der Waals surface area contributed by atoms with Crippen LogP contribution in [0, 0.1) is 5.92 Å². The van der Waals surface area contributed by atoms with Crippen molar-refractivity contribution < 1.29 is 4.74 Å². The first-order valence-corrected chi connectivity index (χ1v) is 11.1. The van der Waals surface area contributed by atoms with E-state index in [1.807, 2.05) is 12.1 Å². The summed E-state index contributed by atoms with van der Waals surface area (Å²) in [5, 5.41) is 1.93. The lowest BCUT2D eigenvalue weighted by Gasteiger charge is -2.29.